The number of nitrogens with zero attached hydrogens (tertiary/aromatic N) is 1. The third-order valence-corrected chi connectivity index (χ3v) is 3.49. The van der Waals surface area contributed by atoms with Gasteiger partial charge in [0.25, 0.3) is 0 Å². The maximum absolute atomic E-state index is 5.94. The Hall–Kier alpha value is -0.830. The lowest BCUT2D eigenvalue weighted by molar-refractivity contribution is 0.174. The van der Waals surface area contributed by atoms with Crippen LogP contribution < -0.4 is 5.32 Å². The van der Waals surface area contributed by atoms with Crippen LogP contribution >= 0.6 is 11.6 Å². The Labute approximate surface area is 108 Å². The SMILES string of the molecule is C=CC[C@@H](c1ccc(Cl)cc1)N1CCNCC1. The Morgan fingerprint density at radius 3 is 2.53 bits per heavy atom. The third-order valence-electron chi connectivity index (χ3n) is 3.24. The first-order valence-corrected chi connectivity index (χ1v) is 6.50. The Morgan fingerprint density at radius 2 is 1.94 bits per heavy atom. The van der Waals surface area contributed by atoms with Crippen molar-refractivity contribution in [2.75, 3.05) is 26.2 Å². The molecule has 0 unspecified atom stereocenters. The number of hydrogen-bond donors (Lipinski definition) is 1. The van der Waals surface area contributed by atoms with Gasteiger partial charge >= 0.3 is 0 Å². The molecule has 1 N–H and O–H groups in total. The molecule has 1 aliphatic rings. The first kappa shape index (κ1) is 12.6. The zero-order valence-electron chi connectivity index (χ0n) is 10.0. The first-order valence-electron chi connectivity index (χ1n) is 6.12. The highest BCUT2D eigenvalue weighted by molar-refractivity contribution is 6.30. The van der Waals surface area contributed by atoms with Gasteiger partial charge in [-0.2, -0.15) is 0 Å². The van der Waals surface area contributed by atoms with E-state index in [0.717, 1.165) is 37.6 Å². The van der Waals surface area contributed by atoms with Crippen LogP contribution in [-0.4, -0.2) is 31.1 Å². The van der Waals surface area contributed by atoms with E-state index >= 15 is 0 Å². The zero-order valence-corrected chi connectivity index (χ0v) is 10.8. The summed E-state index contributed by atoms with van der Waals surface area (Å²) in [5.74, 6) is 0. The summed E-state index contributed by atoms with van der Waals surface area (Å²) in [7, 11) is 0. The number of benzene rings is 1. The molecule has 0 saturated carbocycles. The molecule has 0 bridgehead atoms. The highest BCUT2D eigenvalue weighted by Gasteiger charge is 2.20. The van der Waals surface area contributed by atoms with Crippen molar-refractivity contribution in [2.24, 2.45) is 0 Å². The molecule has 1 heterocycles. The summed E-state index contributed by atoms with van der Waals surface area (Å²) in [4.78, 5) is 2.52. The average Bonchev–Trinajstić information content (AvgIpc) is 2.38. The topological polar surface area (TPSA) is 15.3 Å². The molecule has 2 nitrogen and oxygen atoms in total. The van der Waals surface area contributed by atoms with E-state index in [0.29, 0.717) is 6.04 Å². The summed E-state index contributed by atoms with van der Waals surface area (Å²) >= 11 is 5.94. The summed E-state index contributed by atoms with van der Waals surface area (Å²) in [5, 5.41) is 4.18. The summed E-state index contributed by atoms with van der Waals surface area (Å²) in [6.07, 6.45) is 2.99. The van der Waals surface area contributed by atoms with E-state index in [1.54, 1.807) is 0 Å². The molecule has 92 valence electrons. The van der Waals surface area contributed by atoms with Gasteiger partial charge in [0, 0.05) is 37.2 Å². The highest BCUT2D eigenvalue weighted by Crippen LogP contribution is 2.26. The minimum atomic E-state index is 0.437. The predicted molar refractivity (Wildman–Crippen MR) is 73.4 cm³/mol. The van der Waals surface area contributed by atoms with Gasteiger partial charge in [-0.25, -0.2) is 0 Å². The van der Waals surface area contributed by atoms with Crippen molar-refractivity contribution in [1.29, 1.82) is 0 Å². The van der Waals surface area contributed by atoms with Crippen LogP contribution in [0.25, 0.3) is 0 Å². The minimum absolute atomic E-state index is 0.437. The summed E-state index contributed by atoms with van der Waals surface area (Å²) in [6.45, 7) is 8.21. The summed E-state index contributed by atoms with van der Waals surface area (Å²) in [6, 6.07) is 8.62. The average molecular weight is 251 g/mol. The van der Waals surface area contributed by atoms with E-state index in [-0.39, 0.29) is 0 Å². The van der Waals surface area contributed by atoms with Crippen molar-refractivity contribution in [3.63, 3.8) is 0 Å². The number of rotatable bonds is 4. The van der Waals surface area contributed by atoms with E-state index in [4.69, 9.17) is 11.6 Å². The molecule has 1 saturated heterocycles. The lowest BCUT2D eigenvalue weighted by Crippen LogP contribution is -2.45. The molecule has 3 heteroatoms. The van der Waals surface area contributed by atoms with Crippen LogP contribution in [0.3, 0.4) is 0 Å². The van der Waals surface area contributed by atoms with Crippen molar-refractivity contribution in [1.82, 2.24) is 10.2 Å². The lowest BCUT2D eigenvalue weighted by atomic mass is 10.0. The molecule has 1 aromatic rings. The number of nitrogens with one attached hydrogen (secondary N) is 1. The fraction of sp³-hybridized carbons (Fsp3) is 0.429. The van der Waals surface area contributed by atoms with Crippen LogP contribution in [0.5, 0.6) is 0 Å². The lowest BCUT2D eigenvalue weighted by Gasteiger charge is -2.34. The molecule has 0 aromatic heterocycles. The third kappa shape index (κ3) is 3.32. The summed E-state index contributed by atoms with van der Waals surface area (Å²) < 4.78 is 0. The van der Waals surface area contributed by atoms with Crippen LogP contribution in [0.1, 0.15) is 18.0 Å². The van der Waals surface area contributed by atoms with Gasteiger partial charge in [-0.15, -0.1) is 6.58 Å². The second kappa shape index (κ2) is 6.20. The summed E-state index contributed by atoms with van der Waals surface area (Å²) in [5.41, 5.74) is 1.33. The molecule has 0 aliphatic carbocycles. The monoisotopic (exact) mass is 250 g/mol. The van der Waals surface area contributed by atoms with Gasteiger partial charge in [0.2, 0.25) is 0 Å². The maximum Gasteiger partial charge on any atom is 0.0406 e. The largest absolute Gasteiger partial charge is 0.314 e. The molecule has 0 spiro atoms. The minimum Gasteiger partial charge on any atom is -0.314 e. The molecule has 1 fully saturated rings. The van der Waals surface area contributed by atoms with Crippen molar-refractivity contribution in [2.45, 2.75) is 12.5 Å². The van der Waals surface area contributed by atoms with Gasteiger partial charge in [0.15, 0.2) is 0 Å². The van der Waals surface area contributed by atoms with Crippen LogP contribution in [0.15, 0.2) is 36.9 Å². The highest BCUT2D eigenvalue weighted by atomic mass is 35.5. The van der Waals surface area contributed by atoms with E-state index < -0.39 is 0 Å². The van der Waals surface area contributed by atoms with Crippen LogP contribution in [0.4, 0.5) is 0 Å². The van der Waals surface area contributed by atoms with Crippen molar-refractivity contribution in [3.8, 4) is 0 Å². The van der Waals surface area contributed by atoms with E-state index in [2.05, 4.69) is 28.9 Å². The van der Waals surface area contributed by atoms with Crippen molar-refractivity contribution >= 4 is 11.6 Å². The smallest absolute Gasteiger partial charge is 0.0406 e. The quantitative estimate of drug-likeness (QED) is 0.827. The number of piperazine rings is 1. The Morgan fingerprint density at radius 1 is 1.29 bits per heavy atom. The molecular formula is C14H19ClN2. The standard InChI is InChI=1S/C14H19ClN2/c1-2-3-14(17-10-8-16-9-11-17)12-4-6-13(15)7-5-12/h2,4-7,14,16H,1,3,8-11H2/t14-/m0/s1. The molecule has 1 aliphatic heterocycles. The van der Waals surface area contributed by atoms with Crippen LogP contribution in [-0.2, 0) is 0 Å². The molecular weight excluding hydrogens is 232 g/mol. The van der Waals surface area contributed by atoms with Gasteiger partial charge in [-0.3, -0.25) is 4.90 Å². The van der Waals surface area contributed by atoms with Crippen LogP contribution in [0, 0.1) is 0 Å². The molecule has 2 rings (SSSR count). The molecule has 0 amide bonds. The number of hydrogen-bond acceptors (Lipinski definition) is 2. The molecule has 1 atom stereocenters. The van der Waals surface area contributed by atoms with E-state index in [1.165, 1.54) is 5.56 Å². The van der Waals surface area contributed by atoms with Gasteiger partial charge in [0.05, 0.1) is 0 Å². The zero-order chi connectivity index (χ0) is 12.1. The first-order chi connectivity index (χ1) is 8.31. The molecule has 17 heavy (non-hydrogen) atoms. The predicted octanol–water partition coefficient (Wildman–Crippen LogP) is 2.86. The molecule has 0 radical (unpaired) electrons. The molecule has 1 aromatic carbocycles. The van der Waals surface area contributed by atoms with Crippen LogP contribution in [0.2, 0.25) is 5.02 Å². The van der Waals surface area contributed by atoms with Gasteiger partial charge in [-0.05, 0) is 24.1 Å². The second-order valence-corrected chi connectivity index (χ2v) is 4.81. The van der Waals surface area contributed by atoms with Gasteiger partial charge in [0.1, 0.15) is 0 Å². The Bertz CT molecular complexity index is 355. The van der Waals surface area contributed by atoms with Crippen molar-refractivity contribution in [3.05, 3.63) is 47.5 Å². The maximum atomic E-state index is 5.94. The van der Waals surface area contributed by atoms with Crippen molar-refractivity contribution < 1.29 is 0 Å². The fourth-order valence-electron chi connectivity index (χ4n) is 2.33. The fourth-order valence-corrected chi connectivity index (χ4v) is 2.46. The Balaban J connectivity index is 2.15. The number of halogens is 1. The van der Waals surface area contributed by atoms with Gasteiger partial charge in [-0.1, -0.05) is 29.8 Å². The Kier molecular flexibility index (Phi) is 4.60. The second-order valence-electron chi connectivity index (χ2n) is 4.38. The van der Waals surface area contributed by atoms with Gasteiger partial charge < -0.3 is 5.32 Å². The van der Waals surface area contributed by atoms with E-state index in [9.17, 15) is 0 Å². The van der Waals surface area contributed by atoms with E-state index in [1.807, 2.05) is 18.2 Å². The normalized spacial score (nSPS) is 18.9.